The van der Waals surface area contributed by atoms with Crippen LogP contribution >= 0.6 is 0 Å². The summed E-state index contributed by atoms with van der Waals surface area (Å²) in [5.74, 6) is 1.29. The minimum Gasteiger partial charge on any atom is -0.493 e. The molecule has 3 heteroatoms. The van der Waals surface area contributed by atoms with Gasteiger partial charge in [-0.1, -0.05) is 36.4 Å². The number of rotatable bonds is 2. The van der Waals surface area contributed by atoms with Crippen LogP contribution in [0.25, 0.3) is 0 Å². The van der Waals surface area contributed by atoms with Crippen molar-refractivity contribution < 1.29 is 9.53 Å². The maximum atomic E-state index is 12.9. The Bertz CT molecular complexity index is 725. The average Bonchev–Trinajstić information content (AvgIpc) is 3.07. The van der Waals surface area contributed by atoms with Crippen molar-refractivity contribution >= 4 is 11.6 Å². The Balaban J connectivity index is 1.57. The predicted octanol–water partition coefficient (Wildman–Crippen LogP) is 3.53. The number of hydrogen-bond donors (Lipinski definition) is 0. The summed E-state index contributed by atoms with van der Waals surface area (Å²) in [5, 5.41) is 0. The Labute approximate surface area is 130 Å². The Morgan fingerprint density at radius 3 is 2.86 bits per heavy atom. The molecule has 112 valence electrons. The number of amides is 1. The van der Waals surface area contributed by atoms with Gasteiger partial charge in [0.2, 0.25) is 5.91 Å². The molecule has 0 spiro atoms. The van der Waals surface area contributed by atoms with Crippen LogP contribution in [0.1, 0.15) is 30.4 Å². The van der Waals surface area contributed by atoms with Crippen LogP contribution in [0, 0.1) is 0 Å². The van der Waals surface area contributed by atoms with Crippen LogP contribution in [0.5, 0.6) is 5.75 Å². The lowest BCUT2D eigenvalue weighted by molar-refractivity contribution is -0.119. The molecule has 2 aromatic carbocycles. The van der Waals surface area contributed by atoms with Crippen molar-refractivity contribution in [1.82, 2.24) is 0 Å². The third-order valence-corrected chi connectivity index (χ3v) is 4.70. The molecule has 0 N–H and O–H groups in total. The van der Waals surface area contributed by atoms with E-state index in [1.165, 1.54) is 5.56 Å². The molecule has 2 aliphatic rings. The summed E-state index contributed by atoms with van der Waals surface area (Å²) in [5.41, 5.74) is 3.51. The molecular weight excluding hydrogens is 274 g/mol. The van der Waals surface area contributed by atoms with Gasteiger partial charge in [-0.15, -0.1) is 0 Å². The SMILES string of the molecule is CC1Cc2ccccc2N1C(=O)CC1COc2ccccc21. The second-order valence-electron chi connectivity index (χ2n) is 6.20. The molecule has 0 radical (unpaired) electrons. The van der Waals surface area contributed by atoms with Crippen molar-refractivity contribution in [3.05, 3.63) is 59.7 Å². The van der Waals surface area contributed by atoms with Crippen LogP contribution in [0.15, 0.2) is 48.5 Å². The number of carbonyl (C=O) groups excluding carboxylic acids is 1. The topological polar surface area (TPSA) is 29.5 Å². The number of para-hydroxylation sites is 2. The quantitative estimate of drug-likeness (QED) is 0.847. The van der Waals surface area contributed by atoms with Crippen LogP contribution < -0.4 is 9.64 Å². The molecular formula is C19H19NO2. The van der Waals surface area contributed by atoms with Crippen molar-refractivity contribution in [3.63, 3.8) is 0 Å². The van der Waals surface area contributed by atoms with E-state index in [0.29, 0.717) is 13.0 Å². The van der Waals surface area contributed by atoms with Gasteiger partial charge < -0.3 is 9.64 Å². The van der Waals surface area contributed by atoms with Gasteiger partial charge in [0, 0.05) is 29.6 Å². The molecule has 2 unspecified atom stereocenters. The van der Waals surface area contributed by atoms with Gasteiger partial charge in [0.05, 0.1) is 6.61 Å². The zero-order chi connectivity index (χ0) is 15.1. The van der Waals surface area contributed by atoms with Gasteiger partial charge in [-0.05, 0) is 31.0 Å². The van der Waals surface area contributed by atoms with Gasteiger partial charge in [-0.3, -0.25) is 4.79 Å². The van der Waals surface area contributed by atoms with E-state index in [-0.39, 0.29) is 17.9 Å². The molecule has 2 atom stereocenters. The summed E-state index contributed by atoms with van der Waals surface area (Å²) < 4.78 is 5.70. The zero-order valence-corrected chi connectivity index (χ0v) is 12.7. The van der Waals surface area contributed by atoms with E-state index in [1.54, 1.807) is 0 Å². The van der Waals surface area contributed by atoms with E-state index in [1.807, 2.05) is 35.2 Å². The van der Waals surface area contributed by atoms with Crippen molar-refractivity contribution in [1.29, 1.82) is 0 Å². The molecule has 22 heavy (non-hydrogen) atoms. The predicted molar refractivity (Wildman–Crippen MR) is 86.4 cm³/mol. The Morgan fingerprint density at radius 2 is 1.95 bits per heavy atom. The molecule has 4 rings (SSSR count). The summed E-state index contributed by atoms with van der Waals surface area (Å²) >= 11 is 0. The summed E-state index contributed by atoms with van der Waals surface area (Å²) in [6.07, 6.45) is 1.45. The number of ether oxygens (including phenoxy) is 1. The molecule has 0 saturated carbocycles. The van der Waals surface area contributed by atoms with Gasteiger partial charge in [-0.25, -0.2) is 0 Å². The van der Waals surface area contributed by atoms with Crippen molar-refractivity contribution in [3.8, 4) is 5.75 Å². The first kappa shape index (κ1) is 13.4. The average molecular weight is 293 g/mol. The molecule has 1 amide bonds. The highest BCUT2D eigenvalue weighted by Gasteiger charge is 2.33. The minimum atomic E-state index is 0.170. The second-order valence-corrected chi connectivity index (χ2v) is 6.20. The van der Waals surface area contributed by atoms with Crippen LogP contribution in [0.2, 0.25) is 0 Å². The Hall–Kier alpha value is -2.29. The largest absolute Gasteiger partial charge is 0.493 e. The number of hydrogen-bond acceptors (Lipinski definition) is 2. The zero-order valence-electron chi connectivity index (χ0n) is 12.7. The van der Waals surface area contributed by atoms with Gasteiger partial charge >= 0.3 is 0 Å². The van der Waals surface area contributed by atoms with Gasteiger partial charge in [0.1, 0.15) is 5.75 Å². The standard InChI is InChI=1S/C19H19NO2/c1-13-10-14-6-2-4-8-17(14)20(13)19(21)11-15-12-22-18-9-5-3-7-16(15)18/h2-9,13,15H,10-12H2,1H3. The second kappa shape index (κ2) is 5.16. The van der Waals surface area contributed by atoms with Crippen LogP contribution in [-0.4, -0.2) is 18.6 Å². The molecule has 3 nitrogen and oxygen atoms in total. The van der Waals surface area contributed by atoms with E-state index < -0.39 is 0 Å². The van der Waals surface area contributed by atoms with Gasteiger partial charge in [0.25, 0.3) is 0 Å². The van der Waals surface area contributed by atoms with Crippen molar-refractivity contribution in [2.45, 2.75) is 31.7 Å². The molecule has 0 fully saturated rings. The number of nitrogens with zero attached hydrogens (tertiary/aromatic N) is 1. The normalized spacial score (nSPS) is 22.1. The maximum absolute atomic E-state index is 12.9. The molecule has 2 heterocycles. The molecule has 0 saturated heterocycles. The fourth-order valence-electron chi connectivity index (χ4n) is 3.65. The summed E-state index contributed by atoms with van der Waals surface area (Å²) in [6.45, 7) is 2.73. The van der Waals surface area contributed by atoms with Crippen LogP contribution in [0.3, 0.4) is 0 Å². The molecule has 0 bridgehead atoms. The van der Waals surface area contributed by atoms with Crippen LogP contribution in [0.4, 0.5) is 5.69 Å². The summed E-state index contributed by atoms with van der Waals surface area (Å²) in [6, 6.07) is 16.5. The van der Waals surface area contributed by atoms with Crippen LogP contribution in [-0.2, 0) is 11.2 Å². The van der Waals surface area contributed by atoms with E-state index in [0.717, 1.165) is 23.4 Å². The molecule has 2 aliphatic heterocycles. The van der Waals surface area contributed by atoms with E-state index in [4.69, 9.17) is 4.74 Å². The van der Waals surface area contributed by atoms with E-state index in [2.05, 4.69) is 25.1 Å². The van der Waals surface area contributed by atoms with Crippen molar-refractivity contribution in [2.24, 2.45) is 0 Å². The number of anilines is 1. The Kier molecular flexibility index (Phi) is 3.14. The first-order chi connectivity index (χ1) is 10.7. The number of carbonyl (C=O) groups is 1. The molecule has 0 aliphatic carbocycles. The maximum Gasteiger partial charge on any atom is 0.227 e. The lowest BCUT2D eigenvalue weighted by Gasteiger charge is -2.24. The fraction of sp³-hybridized carbons (Fsp3) is 0.316. The lowest BCUT2D eigenvalue weighted by Crippen LogP contribution is -2.36. The Morgan fingerprint density at radius 1 is 1.18 bits per heavy atom. The lowest BCUT2D eigenvalue weighted by atomic mass is 9.97. The first-order valence-electron chi connectivity index (χ1n) is 7.85. The monoisotopic (exact) mass is 293 g/mol. The highest BCUT2D eigenvalue weighted by atomic mass is 16.5. The highest BCUT2D eigenvalue weighted by Crippen LogP contribution is 2.38. The minimum absolute atomic E-state index is 0.170. The smallest absolute Gasteiger partial charge is 0.227 e. The molecule has 2 aromatic rings. The van der Waals surface area contributed by atoms with Crippen molar-refractivity contribution in [2.75, 3.05) is 11.5 Å². The third kappa shape index (κ3) is 2.08. The number of benzene rings is 2. The third-order valence-electron chi connectivity index (χ3n) is 4.70. The number of fused-ring (bicyclic) bond motifs is 2. The van der Waals surface area contributed by atoms with E-state index >= 15 is 0 Å². The molecule has 0 aromatic heterocycles. The fourth-order valence-corrected chi connectivity index (χ4v) is 3.65. The highest BCUT2D eigenvalue weighted by molar-refractivity contribution is 5.96. The first-order valence-corrected chi connectivity index (χ1v) is 7.85. The summed E-state index contributed by atoms with van der Waals surface area (Å²) in [7, 11) is 0. The van der Waals surface area contributed by atoms with Gasteiger partial charge in [-0.2, -0.15) is 0 Å². The van der Waals surface area contributed by atoms with E-state index in [9.17, 15) is 4.79 Å². The van der Waals surface area contributed by atoms with Gasteiger partial charge in [0.15, 0.2) is 0 Å². The summed E-state index contributed by atoms with van der Waals surface area (Å²) in [4.78, 5) is 14.8.